The number of benzene rings is 1. The summed E-state index contributed by atoms with van der Waals surface area (Å²) in [5, 5.41) is 0.711. The molecule has 0 aliphatic heterocycles. The lowest BCUT2D eigenvalue weighted by Crippen LogP contribution is -2.17. The summed E-state index contributed by atoms with van der Waals surface area (Å²) in [5.41, 5.74) is 9.02. The number of nitrogen functional groups attached to an aromatic ring is 1. The molecule has 0 fully saturated rings. The second-order valence-electron chi connectivity index (χ2n) is 7.55. The summed E-state index contributed by atoms with van der Waals surface area (Å²) < 4.78 is 34.7. The number of nitrogens with two attached hydrogens (primary N) is 1. The first kappa shape index (κ1) is 24.6. The van der Waals surface area contributed by atoms with Gasteiger partial charge in [-0.25, -0.2) is 18.4 Å². The first-order valence-electron chi connectivity index (χ1n) is 10.3. The molecule has 8 nitrogen and oxygen atoms in total. The molecule has 174 valence electrons. The van der Waals surface area contributed by atoms with Gasteiger partial charge in [0, 0.05) is 31.3 Å². The predicted molar refractivity (Wildman–Crippen MR) is 130 cm³/mol. The molecule has 0 amide bonds. The van der Waals surface area contributed by atoms with E-state index < -0.39 is 10.0 Å². The fourth-order valence-corrected chi connectivity index (χ4v) is 5.23. The maximum Gasteiger partial charge on any atom is 0.232 e. The smallest absolute Gasteiger partial charge is 0.232 e. The van der Waals surface area contributed by atoms with Crippen LogP contribution < -0.4 is 10.5 Å². The van der Waals surface area contributed by atoms with Crippen LogP contribution in [0.25, 0.3) is 11.0 Å². The van der Waals surface area contributed by atoms with Crippen molar-refractivity contribution in [1.29, 1.82) is 0 Å². The van der Waals surface area contributed by atoms with Gasteiger partial charge in [0.05, 0.1) is 28.6 Å². The summed E-state index contributed by atoms with van der Waals surface area (Å²) in [6, 6.07) is 4.64. The van der Waals surface area contributed by atoms with E-state index in [9.17, 15) is 8.42 Å². The number of imidazole rings is 1. The Bertz CT molecular complexity index is 1200. The van der Waals surface area contributed by atoms with Crippen molar-refractivity contribution < 1.29 is 13.2 Å². The molecule has 0 aliphatic rings. The van der Waals surface area contributed by atoms with Gasteiger partial charge in [0.2, 0.25) is 10.0 Å². The second-order valence-corrected chi connectivity index (χ2v) is 10.2. The SMILES string of the molecule is COCCc1nc2c(N)ncc(C)c2n1CCCCCS(=O)(=O)Nc1ccc(Cl)cc1Cl. The average molecular weight is 500 g/mol. The van der Waals surface area contributed by atoms with Crippen molar-refractivity contribution in [1.82, 2.24) is 14.5 Å². The minimum Gasteiger partial charge on any atom is -0.384 e. The van der Waals surface area contributed by atoms with Crippen LogP contribution in [0.15, 0.2) is 24.4 Å². The Morgan fingerprint density at radius 3 is 2.72 bits per heavy atom. The first-order valence-corrected chi connectivity index (χ1v) is 12.7. The van der Waals surface area contributed by atoms with Crippen molar-refractivity contribution in [3.8, 4) is 0 Å². The normalized spacial score (nSPS) is 11.9. The topological polar surface area (TPSA) is 112 Å². The van der Waals surface area contributed by atoms with Gasteiger partial charge >= 0.3 is 0 Å². The highest BCUT2D eigenvalue weighted by molar-refractivity contribution is 7.92. The van der Waals surface area contributed by atoms with Crippen LogP contribution in [-0.4, -0.2) is 42.4 Å². The number of aromatic nitrogens is 3. The van der Waals surface area contributed by atoms with Crippen LogP contribution in [0, 0.1) is 6.92 Å². The van der Waals surface area contributed by atoms with E-state index in [-0.39, 0.29) is 10.8 Å². The second kappa shape index (κ2) is 10.7. The molecule has 0 saturated heterocycles. The number of anilines is 2. The van der Waals surface area contributed by atoms with E-state index in [0.29, 0.717) is 48.0 Å². The third-order valence-corrected chi connectivity index (χ3v) is 6.99. The highest BCUT2D eigenvalue weighted by Gasteiger charge is 2.16. The summed E-state index contributed by atoms with van der Waals surface area (Å²) in [5.74, 6) is 1.29. The van der Waals surface area contributed by atoms with Gasteiger partial charge in [-0.2, -0.15) is 0 Å². The van der Waals surface area contributed by atoms with E-state index in [1.54, 1.807) is 25.4 Å². The van der Waals surface area contributed by atoms with Crippen molar-refractivity contribution in [2.75, 3.05) is 29.9 Å². The predicted octanol–water partition coefficient (Wildman–Crippen LogP) is 4.43. The van der Waals surface area contributed by atoms with Crippen molar-refractivity contribution in [2.45, 2.75) is 39.2 Å². The third-order valence-electron chi connectivity index (χ3n) is 5.08. The Kier molecular flexibility index (Phi) is 8.21. The summed E-state index contributed by atoms with van der Waals surface area (Å²) in [6.45, 7) is 3.23. The highest BCUT2D eigenvalue weighted by atomic mass is 35.5. The number of methoxy groups -OCH3 is 1. The quantitative estimate of drug-likeness (QED) is 0.377. The summed E-state index contributed by atoms with van der Waals surface area (Å²) in [4.78, 5) is 8.88. The van der Waals surface area contributed by atoms with Gasteiger partial charge in [-0.3, -0.25) is 4.72 Å². The van der Waals surface area contributed by atoms with Gasteiger partial charge in [-0.15, -0.1) is 0 Å². The van der Waals surface area contributed by atoms with Crippen molar-refractivity contribution in [3.63, 3.8) is 0 Å². The lowest BCUT2D eigenvalue weighted by Gasteiger charge is -2.12. The molecule has 0 radical (unpaired) electrons. The zero-order chi connectivity index (χ0) is 23.3. The lowest BCUT2D eigenvalue weighted by atomic mass is 10.2. The van der Waals surface area contributed by atoms with E-state index >= 15 is 0 Å². The molecule has 0 atom stereocenters. The number of unbranched alkanes of at least 4 members (excludes halogenated alkanes) is 2. The zero-order valence-electron chi connectivity index (χ0n) is 18.1. The number of fused-ring (bicyclic) bond motifs is 1. The number of hydrogen-bond acceptors (Lipinski definition) is 6. The Hall–Kier alpha value is -2.07. The van der Waals surface area contributed by atoms with Gasteiger partial charge in [0.1, 0.15) is 11.3 Å². The Morgan fingerprint density at radius 2 is 2.00 bits per heavy atom. The molecule has 3 rings (SSSR count). The van der Waals surface area contributed by atoms with Crippen LogP contribution >= 0.6 is 23.2 Å². The van der Waals surface area contributed by atoms with Gasteiger partial charge in [-0.05, 0) is 43.5 Å². The highest BCUT2D eigenvalue weighted by Crippen LogP contribution is 2.27. The van der Waals surface area contributed by atoms with Crippen LogP contribution in [0.2, 0.25) is 10.0 Å². The van der Waals surface area contributed by atoms with Crippen LogP contribution in [0.5, 0.6) is 0 Å². The van der Waals surface area contributed by atoms with Gasteiger partial charge in [0.25, 0.3) is 0 Å². The Balaban J connectivity index is 1.61. The number of aryl methyl sites for hydroxylation is 2. The molecule has 2 heterocycles. The number of pyridine rings is 1. The number of ether oxygens (including phenoxy) is 1. The van der Waals surface area contributed by atoms with E-state index in [1.807, 2.05) is 6.92 Å². The van der Waals surface area contributed by atoms with E-state index in [1.165, 1.54) is 6.07 Å². The molecular formula is C21H27Cl2N5O3S. The maximum absolute atomic E-state index is 12.4. The Morgan fingerprint density at radius 1 is 1.22 bits per heavy atom. The number of nitrogens with zero attached hydrogens (tertiary/aromatic N) is 3. The largest absolute Gasteiger partial charge is 0.384 e. The molecule has 0 bridgehead atoms. The zero-order valence-corrected chi connectivity index (χ0v) is 20.4. The molecule has 2 aromatic heterocycles. The van der Waals surface area contributed by atoms with Gasteiger partial charge in [0.15, 0.2) is 5.82 Å². The maximum atomic E-state index is 12.4. The third kappa shape index (κ3) is 6.04. The molecule has 0 aliphatic carbocycles. The molecule has 0 saturated carbocycles. The Labute approximate surface area is 198 Å². The molecule has 1 aromatic carbocycles. The molecular weight excluding hydrogens is 473 g/mol. The number of rotatable bonds is 11. The molecule has 11 heteroatoms. The molecule has 3 N–H and O–H groups in total. The van der Waals surface area contributed by atoms with Crippen molar-refractivity contribution >= 4 is 55.8 Å². The minimum absolute atomic E-state index is 0.00304. The number of hydrogen-bond donors (Lipinski definition) is 2. The van der Waals surface area contributed by atoms with Gasteiger partial charge in [-0.1, -0.05) is 29.6 Å². The standard InChI is InChI=1S/C21H27Cl2N5O3S/c1-14-13-25-21(24)19-20(14)28(18(26-19)8-10-31-2)9-4-3-5-11-32(29,30)27-17-7-6-15(22)12-16(17)23/h6-7,12-13,27H,3-5,8-11H2,1-2H3,(H2,24,25). The molecule has 32 heavy (non-hydrogen) atoms. The summed E-state index contributed by atoms with van der Waals surface area (Å²) in [6.07, 6.45) is 4.45. The van der Waals surface area contributed by atoms with Crippen molar-refractivity contribution in [3.05, 3.63) is 45.8 Å². The van der Waals surface area contributed by atoms with Crippen LogP contribution in [0.4, 0.5) is 11.5 Å². The van der Waals surface area contributed by atoms with Gasteiger partial charge < -0.3 is 15.0 Å². The summed E-state index contributed by atoms with van der Waals surface area (Å²) in [7, 11) is -1.86. The summed E-state index contributed by atoms with van der Waals surface area (Å²) >= 11 is 11.9. The fourth-order valence-electron chi connectivity index (χ4n) is 3.52. The average Bonchev–Trinajstić information content (AvgIpc) is 3.10. The molecule has 0 unspecified atom stereocenters. The monoisotopic (exact) mass is 499 g/mol. The molecule has 3 aromatic rings. The van der Waals surface area contributed by atoms with Crippen molar-refractivity contribution in [2.24, 2.45) is 0 Å². The molecule has 0 spiro atoms. The van der Waals surface area contributed by atoms with E-state index in [0.717, 1.165) is 29.7 Å². The fraction of sp³-hybridized carbons (Fsp3) is 0.429. The van der Waals surface area contributed by atoms with Crippen LogP contribution in [0.3, 0.4) is 0 Å². The van der Waals surface area contributed by atoms with Crippen LogP contribution in [0.1, 0.15) is 30.7 Å². The first-order chi connectivity index (χ1) is 15.2. The number of sulfonamides is 1. The number of nitrogens with one attached hydrogen (secondary N) is 1. The van der Waals surface area contributed by atoms with E-state index in [2.05, 4.69) is 19.3 Å². The lowest BCUT2D eigenvalue weighted by molar-refractivity contribution is 0.199. The van der Waals surface area contributed by atoms with E-state index in [4.69, 9.17) is 33.7 Å². The van der Waals surface area contributed by atoms with Crippen LogP contribution in [-0.2, 0) is 27.7 Å². The number of halogens is 2. The minimum atomic E-state index is -3.51.